The highest BCUT2D eigenvalue weighted by molar-refractivity contribution is 6.26. The molecule has 9 nitrogen and oxygen atoms in total. The number of benzene rings is 3. The number of amides is 4. The Kier molecular flexibility index (Phi) is 9.20. The van der Waals surface area contributed by atoms with Crippen molar-refractivity contribution in [3.05, 3.63) is 84.4 Å². The minimum atomic E-state index is -0.974. The number of hydrogen-bond donors (Lipinski definition) is 1. The molecule has 0 radical (unpaired) electrons. The first-order valence-corrected chi connectivity index (χ1v) is 13.9. The third-order valence-corrected chi connectivity index (χ3v) is 7.71. The number of imide groups is 2. The first kappa shape index (κ1) is 30.2. The van der Waals surface area contributed by atoms with E-state index in [1.807, 2.05) is 0 Å². The molecule has 2 saturated heterocycles. The van der Waals surface area contributed by atoms with Gasteiger partial charge < -0.3 is 9.84 Å². The van der Waals surface area contributed by atoms with Crippen molar-refractivity contribution >= 4 is 41.0 Å². The molecule has 0 aromatic heterocycles. The van der Waals surface area contributed by atoms with E-state index in [1.165, 1.54) is 67.4 Å². The van der Waals surface area contributed by atoms with Gasteiger partial charge in [0.1, 0.15) is 11.5 Å². The van der Waals surface area contributed by atoms with Crippen molar-refractivity contribution in [1.82, 2.24) is 0 Å². The maximum atomic E-state index is 13.2. The Hall–Kier alpha value is -4.79. The number of hydrogen-bond acceptors (Lipinski definition) is 7. The molecule has 3 aromatic carbocycles. The topological polar surface area (TPSA) is 121 Å². The molecule has 0 saturated carbocycles. The zero-order valence-corrected chi connectivity index (χ0v) is 24.0. The van der Waals surface area contributed by atoms with Crippen molar-refractivity contribution in [2.24, 2.45) is 17.8 Å². The fraction of sp³-hybridized carbons (Fsp3) is 0.303. The minimum absolute atomic E-state index is 0.00984. The first-order valence-electron chi connectivity index (χ1n) is 13.9. The van der Waals surface area contributed by atoms with Crippen molar-refractivity contribution in [3.8, 4) is 11.5 Å². The molecular formula is C33H34N2O7. The third kappa shape index (κ3) is 6.25. The second-order valence-corrected chi connectivity index (χ2v) is 10.5. The highest BCUT2D eigenvalue weighted by atomic mass is 16.5. The van der Waals surface area contributed by atoms with E-state index in [2.05, 4.69) is 44.2 Å². The molecule has 0 aliphatic carbocycles. The van der Waals surface area contributed by atoms with Crippen molar-refractivity contribution in [3.63, 3.8) is 0 Å². The summed E-state index contributed by atoms with van der Waals surface area (Å²) in [6.07, 6.45) is 1.03. The summed E-state index contributed by atoms with van der Waals surface area (Å²) in [5.41, 5.74) is 2.03. The van der Waals surface area contributed by atoms with Gasteiger partial charge in [0, 0.05) is 19.3 Å². The van der Waals surface area contributed by atoms with E-state index in [0.717, 1.165) is 9.80 Å². The van der Waals surface area contributed by atoms with Crippen LogP contribution in [0.4, 0.5) is 11.4 Å². The normalized spacial score (nSPS) is 20.8. The Morgan fingerprint density at radius 1 is 0.857 bits per heavy atom. The van der Waals surface area contributed by atoms with E-state index in [1.54, 1.807) is 6.92 Å². The highest BCUT2D eigenvalue weighted by Crippen LogP contribution is 2.41. The molecule has 0 spiro atoms. The number of anilines is 2. The molecule has 5 rings (SSSR count). The second-order valence-electron chi connectivity index (χ2n) is 10.5. The van der Waals surface area contributed by atoms with Gasteiger partial charge >= 0.3 is 5.97 Å². The molecule has 2 aliphatic heterocycles. The van der Waals surface area contributed by atoms with Gasteiger partial charge in [-0.2, -0.15) is 0 Å². The maximum Gasteiger partial charge on any atom is 0.308 e. The summed E-state index contributed by atoms with van der Waals surface area (Å²) in [6.45, 7) is 7.31. The van der Waals surface area contributed by atoms with Gasteiger partial charge in [-0.15, -0.1) is 0 Å². The minimum Gasteiger partial charge on any atom is -0.508 e. The predicted octanol–water partition coefficient (Wildman–Crippen LogP) is 5.22. The van der Waals surface area contributed by atoms with Gasteiger partial charge in [0.2, 0.25) is 23.6 Å². The van der Waals surface area contributed by atoms with E-state index in [0.29, 0.717) is 17.3 Å². The van der Waals surface area contributed by atoms with Gasteiger partial charge in [0.25, 0.3) is 0 Å². The standard InChI is InChI=1S/C23H20N2O7.C10H14/c1-12-20(23(31)25(21(12)29)15-3-7-16(27)8-4-15)18-11-19(28)24(22(18)30)14-5-9-17(10-6-14)32-13(2)26;1-3-9(2)10-7-5-4-6-8-10/h3-10,12,18,20,27H,11H2,1-2H3;4-9H,3H2,1-2H3. The number of esters is 1. The zero-order valence-electron chi connectivity index (χ0n) is 24.0. The largest absolute Gasteiger partial charge is 0.508 e. The van der Waals surface area contributed by atoms with E-state index >= 15 is 0 Å². The van der Waals surface area contributed by atoms with Crippen LogP contribution in [0.1, 0.15) is 52.0 Å². The van der Waals surface area contributed by atoms with Crippen LogP contribution in [-0.4, -0.2) is 34.7 Å². The third-order valence-electron chi connectivity index (χ3n) is 7.71. The van der Waals surface area contributed by atoms with Crippen molar-refractivity contribution < 1.29 is 33.8 Å². The molecule has 2 heterocycles. The van der Waals surface area contributed by atoms with Crippen molar-refractivity contribution in [2.75, 3.05) is 9.80 Å². The molecule has 4 amide bonds. The van der Waals surface area contributed by atoms with Crippen molar-refractivity contribution in [1.29, 1.82) is 0 Å². The molecule has 4 atom stereocenters. The number of phenols is 1. The van der Waals surface area contributed by atoms with Gasteiger partial charge in [-0.05, 0) is 66.4 Å². The summed E-state index contributed by atoms with van der Waals surface area (Å²) in [4.78, 5) is 64.9. The number of carbonyl (C=O) groups is 5. The second kappa shape index (κ2) is 12.8. The molecule has 1 N–H and O–H groups in total. The Bertz CT molecular complexity index is 1470. The lowest BCUT2D eigenvalue weighted by atomic mass is 9.83. The number of carbonyl (C=O) groups excluding carboxylic acids is 5. The molecule has 218 valence electrons. The van der Waals surface area contributed by atoms with Gasteiger partial charge in [0.05, 0.1) is 23.2 Å². The number of ether oxygens (including phenoxy) is 1. The van der Waals surface area contributed by atoms with Crippen LogP contribution < -0.4 is 14.5 Å². The summed E-state index contributed by atoms with van der Waals surface area (Å²) in [7, 11) is 0. The molecule has 9 heteroatoms. The van der Waals surface area contributed by atoms with E-state index in [4.69, 9.17) is 4.74 Å². The molecule has 42 heavy (non-hydrogen) atoms. The average molecular weight is 571 g/mol. The van der Waals surface area contributed by atoms with E-state index in [-0.39, 0.29) is 17.9 Å². The molecule has 0 bridgehead atoms. The van der Waals surface area contributed by atoms with Crippen LogP contribution in [-0.2, 0) is 24.0 Å². The van der Waals surface area contributed by atoms with Gasteiger partial charge in [-0.3, -0.25) is 33.8 Å². The van der Waals surface area contributed by atoms with Gasteiger partial charge in [-0.1, -0.05) is 51.1 Å². The van der Waals surface area contributed by atoms with Crippen LogP contribution in [0.3, 0.4) is 0 Å². The lowest BCUT2D eigenvalue weighted by Gasteiger charge is -2.19. The van der Waals surface area contributed by atoms with E-state index in [9.17, 15) is 29.1 Å². The Labute approximate surface area is 244 Å². The number of phenolic OH excluding ortho intramolecular Hbond substituents is 1. The summed E-state index contributed by atoms with van der Waals surface area (Å²) >= 11 is 0. The average Bonchev–Trinajstić information content (AvgIpc) is 3.39. The maximum absolute atomic E-state index is 13.2. The Morgan fingerprint density at radius 2 is 1.43 bits per heavy atom. The molecule has 3 aromatic rings. The molecule has 4 unspecified atom stereocenters. The quantitative estimate of drug-likeness (QED) is 0.245. The number of nitrogens with zero attached hydrogens (tertiary/aromatic N) is 2. The number of aromatic hydroxyl groups is 1. The summed E-state index contributed by atoms with van der Waals surface area (Å²) in [5.74, 6) is -4.30. The van der Waals surface area contributed by atoms with Crippen LogP contribution in [0.2, 0.25) is 0 Å². The zero-order chi connectivity index (χ0) is 30.6. The molecule has 2 fully saturated rings. The summed E-state index contributed by atoms with van der Waals surface area (Å²) < 4.78 is 4.96. The molecular weight excluding hydrogens is 536 g/mol. The number of rotatable bonds is 6. The molecule has 2 aliphatic rings. The smallest absolute Gasteiger partial charge is 0.308 e. The SMILES string of the molecule is CC(=O)Oc1ccc(N2C(=O)CC(C3C(=O)N(c4ccc(O)cc4)C(=O)C3C)C2=O)cc1.CCC(C)c1ccccc1. The fourth-order valence-corrected chi connectivity index (χ4v) is 5.26. The van der Waals surface area contributed by atoms with Gasteiger partial charge in [0.15, 0.2) is 0 Å². The van der Waals surface area contributed by atoms with Crippen LogP contribution in [0, 0.1) is 17.8 Å². The Balaban J connectivity index is 0.000000343. The Morgan fingerprint density at radius 3 is 2.00 bits per heavy atom. The predicted molar refractivity (Wildman–Crippen MR) is 157 cm³/mol. The first-order chi connectivity index (χ1) is 20.0. The van der Waals surface area contributed by atoms with Gasteiger partial charge in [-0.25, -0.2) is 0 Å². The highest BCUT2D eigenvalue weighted by Gasteiger charge is 2.55. The van der Waals surface area contributed by atoms with Crippen molar-refractivity contribution in [2.45, 2.75) is 46.5 Å². The lowest BCUT2D eigenvalue weighted by molar-refractivity contribution is -0.132. The lowest BCUT2D eigenvalue weighted by Crippen LogP contribution is -2.36. The van der Waals surface area contributed by atoms with Crippen LogP contribution in [0.25, 0.3) is 0 Å². The van der Waals surface area contributed by atoms with E-state index < -0.39 is 47.4 Å². The summed E-state index contributed by atoms with van der Waals surface area (Å²) in [6, 6.07) is 22.1. The fourth-order valence-electron chi connectivity index (χ4n) is 5.26. The summed E-state index contributed by atoms with van der Waals surface area (Å²) in [5, 5.41) is 9.47. The van der Waals surface area contributed by atoms with Crippen LogP contribution >= 0.6 is 0 Å². The van der Waals surface area contributed by atoms with Crippen LogP contribution in [0.15, 0.2) is 78.9 Å². The van der Waals surface area contributed by atoms with Crippen LogP contribution in [0.5, 0.6) is 11.5 Å². The monoisotopic (exact) mass is 570 g/mol.